The number of thiazole rings is 1. The van der Waals surface area contributed by atoms with Crippen molar-refractivity contribution >= 4 is 49.9 Å². The lowest BCUT2D eigenvalue weighted by atomic mass is 10.00. The first-order chi connectivity index (χ1) is 12.1. The van der Waals surface area contributed by atoms with Gasteiger partial charge in [0.25, 0.3) is 0 Å². The van der Waals surface area contributed by atoms with Crippen molar-refractivity contribution in [2.45, 2.75) is 0 Å². The second-order valence-corrected chi connectivity index (χ2v) is 7.35. The monoisotopic (exact) mass is 373 g/mol. The molecule has 0 saturated carbocycles. The first kappa shape index (κ1) is 16.2. The van der Waals surface area contributed by atoms with E-state index in [-0.39, 0.29) is 11.8 Å². The molecule has 1 amide bonds. The van der Waals surface area contributed by atoms with E-state index < -0.39 is 0 Å². The van der Waals surface area contributed by atoms with Crippen LogP contribution in [0.3, 0.4) is 0 Å². The SMILES string of the molecule is COc1ccc(Cl)cc1NC(=O)C1CN(c2nc3ccccc3s2)C1. The zero-order valence-electron chi connectivity index (χ0n) is 13.5. The van der Waals surface area contributed by atoms with Crippen LogP contribution in [0, 0.1) is 5.92 Å². The zero-order chi connectivity index (χ0) is 17.4. The Kier molecular flexibility index (Phi) is 4.23. The Hall–Kier alpha value is -2.31. The number of ether oxygens (including phenoxy) is 1. The van der Waals surface area contributed by atoms with Crippen LogP contribution in [0.4, 0.5) is 10.8 Å². The van der Waals surface area contributed by atoms with Crippen LogP contribution in [0.15, 0.2) is 42.5 Å². The van der Waals surface area contributed by atoms with Crippen molar-refractivity contribution in [1.29, 1.82) is 0 Å². The van der Waals surface area contributed by atoms with Crippen molar-refractivity contribution in [2.24, 2.45) is 5.92 Å². The van der Waals surface area contributed by atoms with Crippen LogP contribution >= 0.6 is 22.9 Å². The zero-order valence-corrected chi connectivity index (χ0v) is 15.1. The van der Waals surface area contributed by atoms with Gasteiger partial charge in [0.15, 0.2) is 5.13 Å². The lowest BCUT2D eigenvalue weighted by molar-refractivity contribution is -0.120. The first-order valence-corrected chi connectivity index (χ1v) is 9.08. The van der Waals surface area contributed by atoms with Crippen molar-refractivity contribution < 1.29 is 9.53 Å². The Balaban J connectivity index is 1.42. The molecule has 2 heterocycles. The number of para-hydroxylation sites is 1. The van der Waals surface area contributed by atoms with Crippen molar-refractivity contribution in [3.8, 4) is 5.75 Å². The topological polar surface area (TPSA) is 54.5 Å². The molecule has 2 aromatic carbocycles. The van der Waals surface area contributed by atoms with Crippen molar-refractivity contribution in [1.82, 2.24) is 4.98 Å². The quantitative estimate of drug-likeness (QED) is 0.750. The summed E-state index contributed by atoms with van der Waals surface area (Å²) in [5.41, 5.74) is 1.59. The molecule has 1 aromatic heterocycles. The average Bonchev–Trinajstić information content (AvgIpc) is 2.97. The molecule has 0 bridgehead atoms. The standard InChI is InChI=1S/C18H16ClN3O2S/c1-24-15-7-6-12(19)8-14(15)20-17(23)11-9-22(10-11)18-21-13-4-2-3-5-16(13)25-18/h2-8,11H,9-10H2,1H3,(H,20,23). The summed E-state index contributed by atoms with van der Waals surface area (Å²) in [5, 5.41) is 4.43. The Morgan fingerprint density at radius 1 is 1.32 bits per heavy atom. The Morgan fingerprint density at radius 2 is 2.12 bits per heavy atom. The number of hydrogen-bond acceptors (Lipinski definition) is 5. The summed E-state index contributed by atoms with van der Waals surface area (Å²) in [6.07, 6.45) is 0. The number of methoxy groups -OCH3 is 1. The minimum atomic E-state index is -0.0734. The van der Waals surface area contributed by atoms with E-state index in [0.717, 1.165) is 15.3 Å². The number of fused-ring (bicyclic) bond motifs is 1. The fraction of sp³-hybridized carbons (Fsp3) is 0.222. The number of aromatic nitrogens is 1. The fourth-order valence-electron chi connectivity index (χ4n) is 2.81. The smallest absolute Gasteiger partial charge is 0.231 e. The molecule has 3 aromatic rings. The molecule has 1 saturated heterocycles. The molecular weight excluding hydrogens is 358 g/mol. The van der Waals surface area contributed by atoms with Crippen molar-refractivity contribution in [3.63, 3.8) is 0 Å². The van der Waals surface area contributed by atoms with Crippen LogP contribution in [0.5, 0.6) is 5.75 Å². The molecule has 0 spiro atoms. The van der Waals surface area contributed by atoms with Gasteiger partial charge in [0, 0.05) is 18.1 Å². The van der Waals surface area contributed by atoms with Crippen LogP contribution < -0.4 is 15.0 Å². The van der Waals surface area contributed by atoms with Gasteiger partial charge in [-0.1, -0.05) is 35.1 Å². The predicted octanol–water partition coefficient (Wildman–Crippen LogP) is 4.03. The maximum absolute atomic E-state index is 12.5. The highest BCUT2D eigenvalue weighted by Gasteiger charge is 2.34. The number of hydrogen-bond donors (Lipinski definition) is 1. The predicted molar refractivity (Wildman–Crippen MR) is 102 cm³/mol. The molecule has 7 heteroatoms. The normalized spacial score (nSPS) is 14.4. The number of rotatable bonds is 4. The molecule has 1 aliphatic heterocycles. The molecule has 0 radical (unpaired) electrons. The van der Waals surface area contributed by atoms with Gasteiger partial charge in [-0.05, 0) is 30.3 Å². The van der Waals surface area contributed by atoms with Gasteiger partial charge in [-0.25, -0.2) is 4.98 Å². The summed E-state index contributed by atoms with van der Waals surface area (Å²) >= 11 is 7.66. The number of halogens is 1. The number of carbonyl (C=O) groups excluding carboxylic acids is 1. The number of carbonyl (C=O) groups is 1. The molecule has 25 heavy (non-hydrogen) atoms. The molecule has 5 nitrogen and oxygen atoms in total. The minimum absolute atomic E-state index is 0.0297. The van der Waals surface area contributed by atoms with Gasteiger partial charge in [0.1, 0.15) is 5.75 Å². The van der Waals surface area contributed by atoms with E-state index in [4.69, 9.17) is 16.3 Å². The van der Waals surface area contributed by atoms with Crippen LogP contribution in [0.1, 0.15) is 0 Å². The highest BCUT2D eigenvalue weighted by molar-refractivity contribution is 7.22. The summed E-state index contributed by atoms with van der Waals surface area (Å²) in [7, 11) is 1.57. The summed E-state index contributed by atoms with van der Waals surface area (Å²) < 4.78 is 6.43. The van der Waals surface area contributed by atoms with Crippen LogP contribution in [-0.4, -0.2) is 31.1 Å². The van der Waals surface area contributed by atoms with Gasteiger partial charge >= 0.3 is 0 Å². The van der Waals surface area contributed by atoms with E-state index in [9.17, 15) is 4.79 Å². The second kappa shape index (κ2) is 6.54. The van der Waals surface area contributed by atoms with Crippen molar-refractivity contribution in [3.05, 3.63) is 47.5 Å². The van der Waals surface area contributed by atoms with Crippen LogP contribution in [-0.2, 0) is 4.79 Å². The molecule has 1 aliphatic rings. The summed E-state index contributed by atoms with van der Waals surface area (Å²) in [4.78, 5) is 19.2. The largest absolute Gasteiger partial charge is 0.495 e. The van der Waals surface area contributed by atoms with E-state index in [1.165, 1.54) is 0 Å². The van der Waals surface area contributed by atoms with Gasteiger partial charge in [0.2, 0.25) is 5.91 Å². The average molecular weight is 374 g/mol. The van der Waals surface area contributed by atoms with Gasteiger partial charge in [-0.3, -0.25) is 4.79 Å². The van der Waals surface area contributed by atoms with E-state index in [1.54, 1.807) is 36.6 Å². The Morgan fingerprint density at radius 3 is 2.88 bits per heavy atom. The van der Waals surface area contributed by atoms with E-state index in [0.29, 0.717) is 29.5 Å². The Bertz CT molecular complexity index is 904. The number of amides is 1. The number of anilines is 2. The van der Waals surface area contributed by atoms with Crippen LogP contribution in [0.2, 0.25) is 5.02 Å². The summed E-state index contributed by atoms with van der Waals surface area (Å²) in [5.74, 6) is 0.494. The molecule has 0 atom stereocenters. The van der Waals surface area contributed by atoms with Crippen molar-refractivity contribution in [2.75, 3.05) is 30.4 Å². The lowest BCUT2D eigenvalue weighted by Gasteiger charge is -2.38. The fourth-order valence-corrected chi connectivity index (χ4v) is 3.96. The molecule has 128 valence electrons. The maximum atomic E-state index is 12.5. The minimum Gasteiger partial charge on any atom is -0.495 e. The third-order valence-electron chi connectivity index (χ3n) is 4.22. The highest BCUT2D eigenvalue weighted by Crippen LogP contribution is 2.34. The number of nitrogens with one attached hydrogen (secondary N) is 1. The number of nitrogens with zero attached hydrogens (tertiary/aromatic N) is 2. The molecule has 0 unspecified atom stereocenters. The van der Waals surface area contributed by atoms with Crippen LogP contribution in [0.25, 0.3) is 10.2 Å². The number of benzene rings is 2. The van der Waals surface area contributed by atoms with Gasteiger partial charge in [0.05, 0.1) is 28.9 Å². The maximum Gasteiger partial charge on any atom is 0.231 e. The van der Waals surface area contributed by atoms with Gasteiger partial charge in [-0.15, -0.1) is 0 Å². The lowest BCUT2D eigenvalue weighted by Crippen LogP contribution is -2.52. The van der Waals surface area contributed by atoms with E-state index in [1.807, 2.05) is 18.2 Å². The molecule has 1 fully saturated rings. The third kappa shape index (κ3) is 3.15. The summed E-state index contributed by atoms with van der Waals surface area (Å²) in [6, 6.07) is 13.2. The van der Waals surface area contributed by atoms with E-state index in [2.05, 4.69) is 21.3 Å². The molecule has 4 rings (SSSR count). The van der Waals surface area contributed by atoms with Gasteiger partial charge < -0.3 is 15.0 Å². The Labute approximate surface area is 154 Å². The molecule has 0 aliphatic carbocycles. The second-order valence-electron chi connectivity index (χ2n) is 5.90. The van der Waals surface area contributed by atoms with Gasteiger partial charge in [-0.2, -0.15) is 0 Å². The summed E-state index contributed by atoms with van der Waals surface area (Å²) in [6.45, 7) is 1.32. The van der Waals surface area contributed by atoms with E-state index >= 15 is 0 Å². The molecular formula is C18H16ClN3O2S. The highest BCUT2D eigenvalue weighted by atomic mass is 35.5. The third-order valence-corrected chi connectivity index (χ3v) is 5.56. The molecule has 1 N–H and O–H groups in total. The first-order valence-electron chi connectivity index (χ1n) is 7.89.